The average molecular weight is 241 g/mol. The number of alkyl halides is 3. The minimum absolute atomic E-state index is 0.142. The minimum Gasteiger partial charge on any atom is -0.409 e. The molecule has 0 fully saturated rings. The Labute approximate surface area is 92.7 Å². The number of nitrogens with zero attached hydrogens (tertiary/aromatic N) is 1. The summed E-state index contributed by atoms with van der Waals surface area (Å²) in [5, 5.41) is 13.8. The van der Waals surface area contributed by atoms with E-state index in [1.54, 1.807) is 0 Å². The predicted octanol–water partition coefficient (Wildman–Crippen LogP) is 1.83. The van der Waals surface area contributed by atoms with E-state index in [9.17, 15) is 13.2 Å². The molecule has 0 bridgehead atoms. The molecule has 0 aliphatic heterocycles. The van der Waals surface area contributed by atoms with Crippen LogP contribution in [0.15, 0.2) is 5.16 Å². The highest BCUT2D eigenvalue weighted by Crippen LogP contribution is 2.21. The molecule has 0 aliphatic carbocycles. The second-order valence-corrected chi connectivity index (χ2v) is 3.72. The van der Waals surface area contributed by atoms with E-state index in [0.29, 0.717) is 25.8 Å². The fourth-order valence-corrected chi connectivity index (χ4v) is 1.25. The monoisotopic (exact) mass is 241 g/mol. The lowest BCUT2D eigenvalue weighted by molar-refractivity contribution is -0.139. The molecule has 0 amide bonds. The fourth-order valence-electron chi connectivity index (χ4n) is 1.25. The Kier molecular flexibility index (Phi) is 6.87. The standard InChI is InChI=1S/C9H18F3N3O/c1-7(6-9(10,11)12)14-5-3-2-4-8(13)15-16/h7,14,16H,2-6H2,1H3,(H2,13,15). The Morgan fingerprint density at radius 1 is 1.44 bits per heavy atom. The van der Waals surface area contributed by atoms with Crippen LogP contribution in [0.1, 0.15) is 32.6 Å². The van der Waals surface area contributed by atoms with Gasteiger partial charge in [0.15, 0.2) is 0 Å². The van der Waals surface area contributed by atoms with Crippen molar-refractivity contribution in [1.29, 1.82) is 0 Å². The molecule has 0 aromatic carbocycles. The van der Waals surface area contributed by atoms with E-state index >= 15 is 0 Å². The van der Waals surface area contributed by atoms with Gasteiger partial charge in [-0.05, 0) is 26.3 Å². The molecule has 0 saturated carbocycles. The van der Waals surface area contributed by atoms with Crippen molar-refractivity contribution in [3.05, 3.63) is 0 Å². The van der Waals surface area contributed by atoms with Crippen molar-refractivity contribution in [1.82, 2.24) is 5.32 Å². The van der Waals surface area contributed by atoms with E-state index in [2.05, 4.69) is 10.5 Å². The Morgan fingerprint density at radius 2 is 2.06 bits per heavy atom. The maximum Gasteiger partial charge on any atom is 0.390 e. The second kappa shape index (κ2) is 7.32. The van der Waals surface area contributed by atoms with Gasteiger partial charge in [-0.3, -0.25) is 0 Å². The normalized spacial score (nSPS) is 15.1. The van der Waals surface area contributed by atoms with Gasteiger partial charge < -0.3 is 16.3 Å². The van der Waals surface area contributed by atoms with E-state index in [0.717, 1.165) is 0 Å². The van der Waals surface area contributed by atoms with Crippen LogP contribution in [0.4, 0.5) is 13.2 Å². The van der Waals surface area contributed by atoms with E-state index in [4.69, 9.17) is 10.9 Å². The number of nitrogens with two attached hydrogens (primary N) is 1. The van der Waals surface area contributed by atoms with E-state index in [-0.39, 0.29) is 5.84 Å². The van der Waals surface area contributed by atoms with Gasteiger partial charge in [0.05, 0.1) is 6.42 Å². The van der Waals surface area contributed by atoms with Gasteiger partial charge in [0.1, 0.15) is 5.84 Å². The van der Waals surface area contributed by atoms with Crippen molar-refractivity contribution in [2.45, 2.75) is 44.8 Å². The topological polar surface area (TPSA) is 70.6 Å². The summed E-state index contributed by atoms with van der Waals surface area (Å²) in [5.74, 6) is 0.142. The lowest BCUT2D eigenvalue weighted by Crippen LogP contribution is -2.31. The van der Waals surface area contributed by atoms with Crippen molar-refractivity contribution < 1.29 is 18.4 Å². The lowest BCUT2D eigenvalue weighted by atomic mass is 10.2. The fraction of sp³-hybridized carbons (Fsp3) is 0.889. The number of unbranched alkanes of at least 4 members (excludes halogenated alkanes) is 1. The third kappa shape index (κ3) is 9.57. The predicted molar refractivity (Wildman–Crippen MR) is 55.4 cm³/mol. The molecule has 1 atom stereocenters. The highest BCUT2D eigenvalue weighted by Gasteiger charge is 2.29. The first-order valence-electron chi connectivity index (χ1n) is 5.11. The summed E-state index contributed by atoms with van der Waals surface area (Å²) in [6.45, 7) is 1.99. The molecule has 0 aromatic heterocycles. The van der Waals surface area contributed by atoms with Gasteiger partial charge in [0.2, 0.25) is 0 Å². The van der Waals surface area contributed by atoms with Crippen LogP contribution < -0.4 is 11.1 Å². The van der Waals surface area contributed by atoms with Gasteiger partial charge in [-0.1, -0.05) is 5.16 Å². The number of hydrogen-bond acceptors (Lipinski definition) is 3. The number of hydrogen-bond donors (Lipinski definition) is 3. The van der Waals surface area contributed by atoms with Crippen LogP contribution in [0.5, 0.6) is 0 Å². The summed E-state index contributed by atoms with van der Waals surface area (Å²) in [6, 6.07) is -0.580. The molecular weight excluding hydrogens is 223 g/mol. The van der Waals surface area contributed by atoms with Gasteiger partial charge in [-0.25, -0.2) is 0 Å². The van der Waals surface area contributed by atoms with Gasteiger partial charge in [0, 0.05) is 12.5 Å². The summed E-state index contributed by atoms with van der Waals surface area (Å²) in [6.07, 6.45) is -3.13. The first-order valence-corrected chi connectivity index (χ1v) is 5.11. The van der Waals surface area contributed by atoms with Gasteiger partial charge >= 0.3 is 6.18 Å². The Balaban J connectivity index is 3.45. The number of amidine groups is 1. The number of oxime groups is 1. The second-order valence-electron chi connectivity index (χ2n) is 3.72. The Hall–Kier alpha value is -0.980. The van der Waals surface area contributed by atoms with Gasteiger partial charge in [-0.2, -0.15) is 13.2 Å². The van der Waals surface area contributed by atoms with Crippen LogP contribution in [0.3, 0.4) is 0 Å². The molecule has 1 unspecified atom stereocenters. The van der Waals surface area contributed by atoms with Crippen LogP contribution in [0, 0.1) is 0 Å². The third-order valence-electron chi connectivity index (χ3n) is 2.02. The first kappa shape index (κ1) is 15.0. The Bertz CT molecular complexity index is 219. The van der Waals surface area contributed by atoms with Crippen molar-refractivity contribution in [2.75, 3.05) is 6.54 Å². The van der Waals surface area contributed by atoms with Crippen molar-refractivity contribution in [3.63, 3.8) is 0 Å². The summed E-state index contributed by atoms with van der Waals surface area (Å²) >= 11 is 0. The zero-order valence-electron chi connectivity index (χ0n) is 9.22. The highest BCUT2D eigenvalue weighted by molar-refractivity contribution is 5.79. The lowest BCUT2D eigenvalue weighted by Gasteiger charge is -2.15. The molecule has 16 heavy (non-hydrogen) atoms. The molecule has 0 saturated heterocycles. The molecule has 0 heterocycles. The number of halogens is 3. The van der Waals surface area contributed by atoms with Crippen molar-refractivity contribution in [3.8, 4) is 0 Å². The molecule has 0 spiro atoms. The summed E-state index contributed by atoms with van der Waals surface area (Å²) < 4.78 is 35.8. The number of rotatable bonds is 7. The maximum absolute atomic E-state index is 11.9. The zero-order valence-corrected chi connectivity index (χ0v) is 9.22. The van der Waals surface area contributed by atoms with E-state index in [1.807, 2.05) is 0 Å². The van der Waals surface area contributed by atoms with Crippen molar-refractivity contribution >= 4 is 5.84 Å². The zero-order chi connectivity index (χ0) is 12.6. The van der Waals surface area contributed by atoms with E-state index in [1.165, 1.54) is 6.92 Å². The van der Waals surface area contributed by atoms with Gasteiger partial charge in [0.25, 0.3) is 0 Å². The number of nitrogens with one attached hydrogen (secondary N) is 1. The van der Waals surface area contributed by atoms with Crippen LogP contribution in [-0.4, -0.2) is 29.8 Å². The molecule has 7 heteroatoms. The molecule has 96 valence electrons. The van der Waals surface area contributed by atoms with Crippen LogP contribution in [0.25, 0.3) is 0 Å². The molecular formula is C9H18F3N3O. The SMILES string of the molecule is CC(CC(F)(F)F)NCCCCC(N)=NO. The van der Waals surface area contributed by atoms with E-state index < -0.39 is 18.6 Å². The Morgan fingerprint density at radius 3 is 2.56 bits per heavy atom. The van der Waals surface area contributed by atoms with Crippen LogP contribution in [0.2, 0.25) is 0 Å². The molecule has 4 nitrogen and oxygen atoms in total. The smallest absolute Gasteiger partial charge is 0.390 e. The van der Waals surface area contributed by atoms with Crippen LogP contribution in [-0.2, 0) is 0 Å². The largest absolute Gasteiger partial charge is 0.409 e. The molecule has 4 N–H and O–H groups in total. The molecule has 0 aromatic rings. The first-order chi connectivity index (χ1) is 7.35. The van der Waals surface area contributed by atoms with Gasteiger partial charge in [-0.15, -0.1) is 0 Å². The summed E-state index contributed by atoms with van der Waals surface area (Å²) in [7, 11) is 0. The maximum atomic E-state index is 11.9. The molecule has 0 rings (SSSR count). The third-order valence-corrected chi connectivity index (χ3v) is 2.02. The molecule has 0 aliphatic rings. The minimum atomic E-state index is -4.12. The quantitative estimate of drug-likeness (QED) is 0.209. The van der Waals surface area contributed by atoms with Crippen molar-refractivity contribution in [2.24, 2.45) is 10.9 Å². The summed E-state index contributed by atoms with van der Waals surface area (Å²) in [4.78, 5) is 0. The average Bonchev–Trinajstić information content (AvgIpc) is 2.14. The molecule has 0 radical (unpaired) electrons. The summed E-state index contributed by atoms with van der Waals surface area (Å²) in [5.41, 5.74) is 5.23. The highest BCUT2D eigenvalue weighted by atomic mass is 19.4. The van der Waals surface area contributed by atoms with Crippen LogP contribution >= 0.6 is 0 Å².